The van der Waals surface area contributed by atoms with Gasteiger partial charge in [-0.15, -0.1) is 12.4 Å². The zero-order valence-corrected chi connectivity index (χ0v) is 29.8. The molecule has 2 fully saturated rings. The van der Waals surface area contributed by atoms with Crippen molar-refractivity contribution >= 4 is 29.7 Å². The van der Waals surface area contributed by atoms with Crippen LogP contribution in [0, 0.1) is 13.8 Å². The summed E-state index contributed by atoms with van der Waals surface area (Å²) in [5.74, 6) is 1.41. The third-order valence-corrected chi connectivity index (χ3v) is 8.33. The summed E-state index contributed by atoms with van der Waals surface area (Å²) in [6.07, 6.45) is 5.91. The molecule has 2 aliphatic heterocycles. The van der Waals surface area contributed by atoms with E-state index >= 15 is 0 Å². The second-order valence-corrected chi connectivity index (χ2v) is 12.9. The number of benzene rings is 2. The molecular weight excluding hydrogens is 624 g/mol. The molecule has 6 rings (SSSR count). The van der Waals surface area contributed by atoms with Crippen molar-refractivity contribution in [2.75, 3.05) is 64.2 Å². The lowest BCUT2D eigenvalue weighted by Crippen LogP contribution is -2.28. The summed E-state index contributed by atoms with van der Waals surface area (Å²) in [6.45, 7) is 8.57. The van der Waals surface area contributed by atoms with Crippen molar-refractivity contribution in [3.8, 4) is 11.8 Å². The standard InChI is InChI=1S/C19H23N3O2.C19H25N3O.ClH/c1-14-8-9-18(20-12-14)24-15-10-11-22(13-15)17-7-5-4-6-16(17)19(23)21(2)3;1-15-8-9-19(20-12-15)23-17-10-11-22(14-17)18-7-5-4-6-16(18)13-21(2)3;/h4-9,12,15H,10-11,13H2,1-3H3;4-9,12,17H,10-11,13-14H2,1-3H3;1H/t15-;17-;/m00./s1. The first-order chi connectivity index (χ1) is 22.7. The first-order valence-electron chi connectivity index (χ1n) is 16.4. The lowest BCUT2D eigenvalue weighted by molar-refractivity contribution is 0.0828. The van der Waals surface area contributed by atoms with E-state index in [0.717, 1.165) is 73.8 Å². The Labute approximate surface area is 291 Å². The van der Waals surface area contributed by atoms with Gasteiger partial charge in [0, 0.05) is 82.5 Å². The molecule has 0 bridgehead atoms. The van der Waals surface area contributed by atoms with Crippen LogP contribution in [0.4, 0.5) is 11.4 Å². The predicted molar refractivity (Wildman–Crippen MR) is 196 cm³/mol. The number of anilines is 2. The zero-order valence-electron chi connectivity index (χ0n) is 29.0. The number of halogens is 1. The normalized spacial score (nSPS) is 17.0. The summed E-state index contributed by atoms with van der Waals surface area (Å²) in [4.78, 5) is 29.5. The molecule has 2 aromatic heterocycles. The minimum Gasteiger partial charge on any atom is -0.472 e. The van der Waals surface area contributed by atoms with Gasteiger partial charge in [-0.3, -0.25) is 4.79 Å². The molecule has 2 saturated heterocycles. The number of hydrogen-bond acceptors (Lipinski definition) is 8. The van der Waals surface area contributed by atoms with E-state index in [0.29, 0.717) is 5.88 Å². The minimum absolute atomic E-state index is 0. The van der Waals surface area contributed by atoms with Crippen molar-refractivity contribution < 1.29 is 14.3 Å². The number of amides is 1. The Bertz CT molecular complexity index is 1600. The van der Waals surface area contributed by atoms with E-state index < -0.39 is 0 Å². The third-order valence-electron chi connectivity index (χ3n) is 8.33. The molecule has 0 N–H and O–H groups in total. The topological polar surface area (TPSA) is 74.3 Å². The molecule has 0 radical (unpaired) electrons. The predicted octanol–water partition coefficient (Wildman–Crippen LogP) is 6.28. The van der Waals surface area contributed by atoms with Crippen LogP contribution in [0.3, 0.4) is 0 Å². The molecule has 2 aromatic carbocycles. The zero-order chi connectivity index (χ0) is 33.3. The molecule has 9 nitrogen and oxygen atoms in total. The molecular formula is C38H49ClN6O3. The van der Waals surface area contributed by atoms with Crippen LogP contribution < -0.4 is 19.3 Å². The van der Waals surface area contributed by atoms with Crippen LogP contribution in [0.5, 0.6) is 11.8 Å². The highest BCUT2D eigenvalue weighted by atomic mass is 35.5. The van der Waals surface area contributed by atoms with Crippen molar-refractivity contribution in [3.63, 3.8) is 0 Å². The van der Waals surface area contributed by atoms with Gasteiger partial charge in [-0.2, -0.15) is 0 Å². The molecule has 0 spiro atoms. The van der Waals surface area contributed by atoms with Crippen molar-refractivity contribution in [2.24, 2.45) is 0 Å². The number of hydrogen-bond donors (Lipinski definition) is 0. The maximum absolute atomic E-state index is 12.4. The molecule has 10 heteroatoms. The molecule has 0 unspecified atom stereocenters. The summed E-state index contributed by atoms with van der Waals surface area (Å²) in [5, 5.41) is 0. The van der Waals surface area contributed by atoms with E-state index in [2.05, 4.69) is 63.0 Å². The number of aromatic nitrogens is 2. The largest absolute Gasteiger partial charge is 0.472 e. The average Bonchev–Trinajstić information content (AvgIpc) is 3.73. The number of para-hydroxylation sites is 2. The van der Waals surface area contributed by atoms with Crippen molar-refractivity contribution in [3.05, 3.63) is 107 Å². The first kappa shape index (κ1) is 36.5. The molecule has 2 atom stereocenters. The van der Waals surface area contributed by atoms with Crippen LogP contribution in [0.15, 0.2) is 85.2 Å². The Hall–Kier alpha value is -4.34. The lowest BCUT2D eigenvalue weighted by atomic mass is 10.1. The van der Waals surface area contributed by atoms with Gasteiger partial charge in [-0.05, 0) is 62.8 Å². The lowest BCUT2D eigenvalue weighted by Gasteiger charge is -2.23. The Kier molecular flexibility index (Phi) is 13.1. The van der Waals surface area contributed by atoms with Gasteiger partial charge in [0.1, 0.15) is 12.2 Å². The summed E-state index contributed by atoms with van der Waals surface area (Å²) < 4.78 is 12.0. The van der Waals surface area contributed by atoms with Gasteiger partial charge in [0.2, 0.25) is 11.8 Å². The van der Waals surface area contributed by atoms with Crippen LogP contribution in [0.2, 0.25) is 0 Å². The Morgan fingerprint density at radius 1 is 0.729 bits per heavy atom. The van der Waals surface area contributed by atoms with E-state index in [1.807, 2.05) is 74.8 Å². The maximum Gasteiger partial charge on any atom is 0.255 e. The van der Waals surface area contributed by atoms with Crippen LogP contribution in [0.25, 0.3) is 0 Å². The smallest absolute Gasteiger partial charge is 0.255 e. The van der Waals surface area contributed by atoms with Crippen LogP contribution in [-0.4, -0.2) is 92.3 Å². The van der Waals surface area contributed by atoms with Crippen molar-refractivity contribution in [1.82, 2.24) is 19.8 Å². The second-order valence-electron chi connectivity index (χ2n) is 12.9. The van der Waals surface area contributed by atoms with E-state index in [1.54, 1.807) is 19.0 Å². The fraction of sp³-hybridized carbons (Fsp3) is 0.395. The molecule has 256 valence electrons. The first-order valence-corrected chi connectivity index (χ1v) is 16.4. The van der Waals surface area contributed by atoms with Gasteiger partial charge in [0.25, 0.3) is 5.91 Å². The second kappa shape index (κ2) is 17.2. The van der Waals surface area contributed by atoms with Gasteiger partial charge >= 0.3 is 0 Å². The highest BCUT2D eigenvalue weighted by molar-refractivity contribution is 5.99. The van der Waals surface area contributed by atoms with E-state index in [9.17, 15) is 4.79 Å². The Morgan fingerprint density at radius 3 is 1.73 bits per heavy atom. The quantitative estimate of drug-likeness (QED) is 0.206. The molecule has 4 aromatic rings. The number of carbonyl (C=O) groups excluding carboxylic acids is 1. The highest BCUT2D eigenvalue weighted by Gasteiger charge is 2.28. The summed E-state index contributed by atoms with van der Waals surface area (Å²) in [5.41, 5.74) is 6.67. The van der Waals surface area contributed by atoms with Gasteiger partial charge in [0.05, 0.1) is 18.7 Å². The van der Waals surface area contributed by atoms with E-state index in [-0.39, 0.29) is 30.5 Å². The number of pyridine rings is 2. The number of carbonyl (C=O) groups is 1. The van der Waals surface area contributed by atoms with E-state index in [4.69, 9.17) is 9.47 Å². The Balaban J connectivity index is 0.000000212. The maximum atomic E-state index is 12.4. The highest BCUT2D eigenvalue weighted by Crippen LogP contribution is 2.28. The van der Waals surface area contributed by atoms with Gasteiger partial charge in [-0.1, -0.05) is 42.5 Å². The molecule has 0 saturated carbocycles. The monoisotopic (exact) mass is 672 g/mol. The molecule has 48 heavy (non-hydrogen) atoms. The average molecular weight is 673 g/mol. The van der Waals surface area contributed by atoms with Crippen LogP contribution in [0.1, 0.15) is 39.9 Å². The SMILES string of the molecule is Cc1ccc(O[C@H]2CCN(c3ccccc3C(=O)N(C)C)C2)nc1.Cc1ccc(O[C@H]2CCN(c3ccccc3CN(C)C)C2)nc1.Cl. The number of rotatable bonds is 9. The number of nitrogens with zero attached hydrogens (tertiary/aromatic N) is 6. The van der Waals surface area contributed by atoms with Gasteiger partial charge in [-0.25, -0.2) is 9.97 Å². The Morgan fingerprint density at radius 2 is 1.23 bits per heavy atom. The van der Waals surface area contributed by atoms with Gasteiger partial charge in [0.15, 0.2) is 0 Å². The number of aryl methyl sites for hydroxylation is 2. The number of ether oxygens (including phenoxy) is 2. The fourth-order valence-electron chi connectivity index (χ4n) is 5.94. The van der Waals surface area contributed by atoms with Crippen LogP contribution in [-0.2, 0) is 6.54 Å². The fourth-order valence-corrected chi connectivity index (χ4v) is 5.94. The summed E-state index contributed by atoms with van der Waals surface area (Å²) in [7, 11) is 7.77. The van der Waals surface area contributed by atoms with Crippen molar-refractivity contribution in [1.29, 1.82) is 0 Å². The third kappa shape index (κ3) is 9.84. The van der Waals surface area contributed by atoms with Gasteiger partial charge < -0.3 is 29.1 Å². The van der Waals surface area contributed by atoms with E-state index in [1.165, 1.54) is 11.3 Å². The molecule has 0 aliphatic carbocycles. The summed E-state index contributed by atoms with van der Waals surface area (Å²) in [6, 6.07) is 24.3. The molecule has 2 aliphatic rings. The summed E-state index contributed by atoms with van der Waals surface area (Å²) >= 11 is 0. The molecule has 1 amide bonds. The minimum atomic E-state index is 0. The van der Waals surface area contributed by atoms with Crippen LogP contribution >= 0.6 is 12.4 Å². The van der Waals surface area contributed by atoms with Crippen molar-refractivity contribution in [2.45, 2.75) is 45.4 Å². The molecule has 4 heterocycles.